The number of rotatable bonds is 15. The molecule has 0 unspecified atom stereocenters. The number of allylic oxidation sites excluding steroid dienone is 5. The number of ether oxygens (including phenoxy) is 2. The second-order valence-corrected chi connectivity index (χ2v) is 6.58. The number of unbranched alkanes of at least 4 members (excludes halogenated alkanes) is 6. The summed E-state index contributed by atoms with van der Waals surface area (Å²) in [6.45, 7) is 7.92. The fourth-order valence-corrected chi connectivity index (χ4v) is 2.54. The summed E-state index contributed by atoms with van der Waals surface area (Å²) in [5.74, 6) is 0.580. The van der Waals surface area contributed by atoms with E-state index in [-0.39, 0.29) is 0 Å². The molecule has 0 aromatic heterocycles. The van der Waals surface area contributed by atoms with Crippen LogP contribution in [0, 0.1) is 0 Å². The summed E-state index contributed by atoms with van der Waals surface area (Å²) in [6, 6.07) is 7.18. The zero-order chi connectivity index (χ0) is 21.4. The maximum absolute atomic E-state index is 10.8. The summed E-state index contributed by atoms with van der Waals surface area (Å²) < 4.78 is 10.3. The van der Waals surface area contributed by atoms with Crippen molar-refractivity contribution in [2.24, 2.45) is 0 Å². The van der Waals surface area contributed by atoms with Gasteiger partial charge in [-0.05, 0) is 51.3 Å². The van der Waals surface area contributed by atoms with E-state index in [9.17, 15) is 4.79 Å². The Morgan fingerprint density at radius 1 is 0.828 bits per heavy atom. The molecule has 0 aliphatic rings. The Labute approximate surface area is 178 Å². The van der Waals surface area contributed by atoms with E-state index in [1.165, 1.54) is 44.9 Å². The molecule has 1 aromatic rings. The van der Waals surface area contributed by atoms with Crippen molar-refractivity contribution in [1.82, 2.24) is 0 Å². The Morgan fingerprint density at radius 2 is 1.55 bits per heavy atom. The van der Waals surface area contributed by atoms with Crippen molar-refractivity contribution in [3.8, 4) is 5.75 Å². The molecule has 0 spiro atoms. The second-order valence-electron chi connectivity index (χ2n) is 6.58. The SMILES string of the molecule is CCCCCCCCC=CCC=CC=COc1ccccc1C=O.CCOCC. The molecule has 0 saturated carbocycles. The highest BCUT2D eigenvalue weighted by molar-refractivity contribution is 5.79. The Hall–Kier alpha value is -2.13. The van der Waals surface area contributed by atoms with Crippen molar-refractivity contribution >= 4 is 6.29 Å². The number of hydrogen-bond acceptors (Lipinski definition) is 3. The molecule has 0 saturated heterocycles. The fraction of sp³-hybridized carbons (Fsp3) is 0.500. The maximum atomic E-state index is 10.8. The van der Waals surface area contributed by atoms with Gasteiger partial charge in [0, 0.05) is 13.2 Å². The molecule has 0 aliphatic heterocycles. The molecule has 3 heteroatoms. The molecule has 0 radical (unpaired) electrons. The number of carbonyl (C=O) groups excluding carboxylic acids is 1. The van der Waals surface area contributed by atoms with E-state index in [0.717, 1.165) is 25.9 Å². The van der Waals surface area contributed by atoms with Gasteiger partial charge >= 0.3 is 0 Å². The van der Waals surface area contributed by atoms with Crippen LogP contribution < -0.4 is 4.74 Å². The Balaban J connectivity index is 0.00000139. The normalized spacial score (nSPS) is 11.1. The third-order valence-corrected chi connectivity index (χ3v) is 4.14. The third-order valence-electron chi connectivity index (χ3n) is 4.14. The summed E-state index contributed by atoms with van der Waals surface area (Å²) in [7, 11) is 0. The number of hydrogen-bond donors (Lipinski definition) is 0. The minimum atomic E-state index is 0.559. The number of aldehydes is 1. The Morgan fingerprint density at radius 3 is 2.24 bits per heavy atom. The standard InChI is InChI=1S/C22H30O2.C4H10O/c1-2-3-4-5-6-7-8-9-10-11-12-13-16-19-24-22-18-15-14-17-21(22)20-23;1-3-5-4-2/h9-10,12-20H,2-8,11H2,1H3;3-4H2,1-2H3. The van der Waals surface area contributed by atoms with Crippen LogP contribution in [0.15, 0.2) is 60.9 Å². The first kappa shape index (κ1) is 26.9. The minimum Gasteiger partial charge on any atom is -0.464 e. The van der Waals surface area contributed by atoms with Crippen LogP contribution in [0.1, 0.15) is 82.5 Å². The van der Waals surface area contributed by atoms with E-state index in [4.69, 9.17) is 9.47 Å². The van der Waals surface area contributed by atoms with E-state index in [1.54, 1.807) is 18.4 Å². The largest absolute Gasteiger partial charge is 0.464 e. The molecular weight excluding hydrogens is 360 g/mol. The van der Waals surface area contributed by atoms with E-state index in [0.29, 0.717) is 11.3 Å². The first-order chi connectivity index (χ1) is 14.3. The monoisotopic (exact) mass is 400 g/mol. The summed E-state index contributed by atoms with van der Waals surface area (Å²) in [6.07, 6.45) is 23.0. The van der Waals surface area contributed by atoms with E-state index in [1.807, 2.05) is 38.1 Å². The molecule has 1 aromatic carbocycles. The number of para-hydroxylation sites is 1. The lowest BCUT2D eigenvalue weighted by Crippen LogP contribution is -1.88. The third kappa shape index (κ3) is 17.7. The highest BCUT2D eigenvalue weighted by Crippen LogP contribution is 2.15. The fourth-order valence-electron chi connectivity index (χ4n) is 2.54. The van der Waals surface area contributed by atoms with Crippen LogP contribution in [0.2, 0.25) is 0 Å². The van der Waals surface area contributed by atoms with Crippen molar-refractivity contribution in [2.75, 3.05) is 13.2 Å². The molecular formula is C26H40O3. The molecule has 0 amide bonds. The van der Waals surface area contributed by atoms with Crippen LogP contribution in [0.3, 0.4) is 0 Å². The van der Waals surface area contributed by atoms with Crippen LogP contribution >= 0.6 is 0 Å². The van der Waals surface area contributed by atoms with Gasteiger partial charge in [0.25, 0.3) is 0 Å². The van der Waals surface area contributed by atoms with Crippen molar-refractivity contribution in [3.63, 3.8) is 0 Å². The van der Waals surface area contributed by atoms with Crippen molar-refractivity contribution in [2.45, 2.75) is 72.1 Å². The topological polar surface area (TPSA) is 35.5 Å². The Kier molecular flexibility index (Phi) is 20.5. The molecule has 0 N–H and O–H groups in total. The van der Waals surface area contributed by atoms with E-state index in [2.05, 4.69) is 25.2 Å². The van der Waals surface area contributed by atoms with Crippen molar-refractivity contribution in [3.05, 3.63) is 66.5 Å². The molecule has 0 aliphatic carbocycles. The molecule has 0 heterocycles. The van der Waals surface area contributed by atoms with Crippen LogP contribution in [-0.2, 0) is 4.74 Å². The second kappa shape index (κ2) is 22.2. The highest BCUT2D eigenvalue weighted by atomic mass is 16.5. The quantitative estimate of drug-likeness (QED) is 0.0995. The van der Waals surface area contributed by atoms with Gasteiger partial charge in [0.2, 0.25) is 0 Å². The maximum Gasteiger partial charge on any atom is 0.153 e. The van der Waals surface area contributed by atoms with Gasteiger partial charge in [-0.3, -0.25) is 4.79 Å². The minimum absolute atomic E-state index is 0.559. The molecule has 0 bridgehead atoms. The first-order valence-corrected chi connectivity index (χ1v) is 11.0. The molecule has 162 valence electrons. The van der Waals surface area contributed by atoms with Gasteiger partial charge in [0.1, 0.15) is 5.75 Å². The van der Waals surface area contributed by atoms with Crippen molar-refractivity contribution in [1.29, 1.82) is 0 Å². The van der Waals surface area contributed by atoms with Crippen LogP contribution in [0.4, 0.5) is 0 Å². The lowest BCUT2D eigenvalue weighted by Gasteiger charge is -2.01. The van der Waals surface area contributed by atoms with Crippen molar-refractivity contribution < 1.29 is 14.3 Å². The summed E-state index contributed by atoms with van der Waals surface area (Å²) in [5.41, 5.74) is 0.559. The zero-order valence-electron chi connectivity index (χ0n) is 18.6. The van der Waals surface area contributed by atoms with Crippen LogP contribution in [-0.4, -0.2) is 19.5 Å². The van der Waals surface area contributed by atoms with Crippen LogP contribution in [0.5, 0.6) is 5.75 Å². The summed E-state index contributed by atoms with van der Waals surface area (Å²) in [4.78, 5) is 10.8. The summed E-state index contributed by atoms with van der Waals surface area (Å²) in [5, 5.41) is 0. The smallest absolute Gasteiger partial charge is 0.153 e. The molecule has 0 atom stereocenters. The van der Waals surface area contributed by atoms with E-state index < -0.39 is 0 Å². The molecule has 29 heavy (non-hydrogen) atoms. The van der Waals surface area contributed by atoms with E-state index >= 15 is 0 Å². The zero-order valence-corrected chi connectivity index (χ0v) is 18.6. The molecule has 0 fully saturated rings. The highest BCUT2D eigenvalue weighted by Gasteiger charge is 1.98. The lowest BCUT2D eigenvalue weighted by atomic mass is 10.1. The summed E-state index contributed by atoms with van der Waals surface area (Å²) >= 11 is 0. The predicted molar refractivity (Wildman–Crippen MR) is 125 cm³/mol. The molecule has 3 nitrogen and oxygen atoms in total. The lowest BCUT2D eigenvalue weighted by molar-refractivity contribution is 0.112. The van der Waals surface area contributed by atoms with Gasteiger partial charge in [-0.2, -0.15) is 0 Å². The average molecular weight is 401 g/mol. The van der Waals surface area contributed by atoms with Gasteiger partial charge in [0.15, 0.2) is 6.29 Å². The van der Waals surface area contributed by atoms with Crippen LogP contribution in [0.25, 0.3) is 0 Å². The van der Waals surface area contributed by atoms with Gasteiger partial charge in [-0.15, -0.1) is 0 Å². The number of benzene rings is 1. The van der Waals surface area contributed by atoms with Gasteiger partial charge < -0.3 is 9.47 Å². The van der Waals surface area contributed by atoms with Gasteiger partial charge in [0.05, 0.1) is 11.8 Å². The Bertz CT molecular complexity index is 571. The van der Waals surface area contributed by atoms with Gasteiger partial charge in [-0.1, -0.05) is 75.5 Å². The molecule has 1 rings (SSSR count). The number of carbonyl (C=O) groups is 1. The first-order valence-electron chi connectivity index (χ1n) is 11.0. The average Bonchev–Trinajstić information content (AvgIpc) is 2.75. The van der Waals surface area contributed by atoms with Gasteiger partial charge in [-0.25, -0.2) is 0 Å². The predicted octanol–water partition coefficient (Wildman–Crippen LogP) is 7.69.